The maximum Gasteiger partial charge on any atom is 0.103 e. The lowest BCUT2D eigenvalue weighted by atomic mass is 9.95. The Balaban J connectivity index is 2.02. The smallest absolute Gasteiger partial charge is 0.103 e. The van der Waals surface area contributed by atoms with Gasteiger partial charge in [-0.2, -0.15) is 5.10 Å². The fourth-order valence-electron chi connectivity index (χ4n) is 2.40. The molecule has 80 valence electrons. The molecule has 2 heterocycles. The molecule has 1 aromatic carbocycles. The van der Waals surface area contributed by atoms with Gasteiger partial charge in [0.2, 0.25) is 0 Å². The second-order valence-corrected chi connectivity index (χ2v) is 4.11. The highest BCUT2D eigenvalue weighted by atomic mass is 15.3. The van der Waals surface area contributed by atoms with E-state index in [1.54, 1.807) is 0 Å². The van der Waals surface area contributed by atoms with Crippen LogP contribution < -0.4 is 0 Å². The summed E-state index contributed by atoms with van der Waals surface area (Å²) in [5.74, 6) is 0.447. The Morgan fingerprint density at radius 1 is 1.31 bits per heavy atom. The lowest BCUT2D eigenvalue weighted by Gasteiger charge is -2.08. The third-order valence-corrected chi connectivity index (χ3v) is 3.17. The average Bonchev–Trinajstić information content (AvgIpc) is 2.88. The maximum atomic E-state index is 7.22. The first-order chi connectivity index (χ1) is 7.88. The summed E-state index contributed by atoms with van der Waals surface area (Å²) in [6.45, 7) is 0.961. The molecule has 2 aromatic rings. The van der Waals surface area contributed by atoms with Gasteiger partial charge in [-0.15, -0.1) is 0 Å². The summed E-state index contributed by atoms with van der Waals surface area (Å²) in [6, 6.07) is 12.5. The Labute approximate surface area is 94.2 Å². The molecule has 1 N–H and O–H groups in total. The number of aromatic nitrogens is 2. The van der Waals surface area contributed by atoms with Gasteiger partial charge in [-0.3, -0.25) is 4.68 Å². The first kappa shape index (κ1) is 9.33. The maximum absolute atomic E-state index is 7.22. The number of nitrogens with one attached hydrogen (secondary N) is 1. The molecule has 0 radical (unpaired) electrons. The Hall–Kier alpha value is -1.90. The van der Waals surface area contributed by atoms with Crippen LogP contribution in [-0.4, -0.2) is 16.0 Å². The van der Waals surface area contributed by atoms with E-state index in [0.29, 0.717) is 5.92 Å². The van der Waals surface area contributed by atoms with Crippen molar-refractivity contribution in [3.63, 3.8) is 0 Å². The second-order valence-electron chi connectivity index (χ2n) is 4.11. The summed E-state index contributed by atoms with van der Waals surface area (Å²) in [6.07, 6.45) is 2.43. The second kappa shape index (κ2) is 3.59. The van der Waals surface area contributed by atoms with Gasteiger partial charge < -0.3 is 5.41 Å². The van der Waals surface area contributed by atoms with E-state index < -0.39 is 0 Å². The number of hydrogen-bond donors (Lipinski definition) is 1. The van der Waals surface area contributed by atoms with Gasteiger partial charge in [0.25, 0.3) is 0 Å². The molecule has 1 atom stereocenters. The number of fused-ring (bicyclic) bond motifs is 1. The van der Waals surface area contributed by atoms with Crippen molar-refractivity contribution in [3.8, 4) is 0 Å². The molecular formula is C13H13N3. The van der Waals surface area contributed by atoms with Crippen molar-refractivity contribution in [1.82, 2.24) is 9.78 Å². The van der Waals surface area contributed by atoms with Crippen molar-refractivity contribution in [2.24, 2.45) is 0 Å². The Bertz CT molecular complexity index is 513. The number of aryl methyl sites for hydroxylation is 1. The first-order valence-corrected chi connectivity index (χ1v) is 5.51. The Kier molecular flexibility index (Phi) is 2.10. The summed E-state index contributed by atoms with van der Waals surface area (Å²) < 4.78 is 2.03. The molecular weight excluding hydrogens is 198 g/mol. The molecule has 1 aliphatic rings. The van der Waals surface area contributed by atoms with Gasteiger partial charge in [-0.25, -0.2) is 0 Å². The highest BCUT2D eigenvalue weighted by Gasteiger charge is 2.25. The van der Waals surface area contributed by atoms with Crippen LogP contribution in [0.1, 0.15) is 29.3 Å². The lowest BCUT2D eigenvalue weighted by molar-refractivity contribution is 0.647. The monoisotopic (exact) mass is 211 g/mol. The van der Waals surface area contributed by atoms with Crippen molar-refractivity contribution in [1.29, 1.82) is 5.41 Å². The molecule has 1 aliphatic heterocycles. The van der Waals surface area contributed by atoms with Crippen molar-refractivity contribution >= 4 is 6.21 Å². The van der Waals surface area contributed by atoms with Gasteiger partial charge >= 0.3 is 0 Å². The molecule has 0 amide bonds. The molecule has 1 unspecified atom stereocenters. The minimum Gasteiger partial charge on any atom is -0.306 e. The van der Waals surface area contributed by atoms with E-state index in [1.807, 2.05) is 16.8 Å². The zero-order valence-electron chi connectivity index (χ0n) is 8.93. The highest BCUT2D eigenvalue weighted by Crippen LogP contribution is 2.33. The van der Waals surface area contributed by atoms with Gasteiger partial charge in [-0.1, -0.05) is 30.3 Å². The predicted octanol–water partition coefficient (Wildman–Crippen LogP) is 2.42. The van der Waals surface area contributed by atoms with Crippen LogP contribution in [-0.2, 0) is 6.54 Å². The van der Waals surface area contributed by atoms with Crippen LogP contribution in [0.25, 0.3) is 0 Å². The van der Waals surface area contributed by atoms with Crippen LogP contribution >= 0.6 is 0 Å². The van der Waals surface area contributed by atoms with E-state index in [0.717, 1.165) is 18.7 Å². The van der Waals surface area contributed by atoms with Gasteiger partial charge in [-0.05, 0) is 18.1 Å². The summed E-state index contributed by atoms with van der Waals surface area (Å²) in [4.78, 5) is 0. The number of rotatable bonds is 2. The molecule has 3 rings (SSSR count). The van der Waals surface area contributed by atoms with Gasteiger partial charge in [0.15, 0.2) is 0 Å². The summed E-state index contributed by atoms with van der Waals surface area (Å²) in [7, 11) is 0. The predicted molar refractivity (Wildman–Crippen MR) is 63.0 cm³/mol. The quantitative estimate of drug-likeness (QED) is 0.761. The minimum atomic E-state index is 0.447. The summed E-state index contributed by atoms with van der Waals surface area (Å²) in [5.41, 5.74) is 3.35. The number of hydrogen-bond acceptors (Lipinski definition) is 2. The average molecular weight is 211 g/mol. The normalized spacial score (nSPS) is 18.4. The Morgan fingerprint density at radius 3 is 2.88 bits per heavy atom. The van der Waals surface area contributed by atoms with Gasteiger partial charge in [0.1, 0.15) is 5.69 Å². The molecule has 0 bridgehead atoms. The van der Waals surface area contributed by atoms with E-state index in [-0.39, 0.29) is 0 Å². The molecule has 0 aliphatic carbocycles. The van der Waals surface area contributed by atoms with Gasteiger partial charge in [0, 0.05) is 24.4 Å². The van der Waals surface area contributed by atoms with E-state index in [1.165, 1.54) is 17.5 Å². The van der Waals surface area contributed by atoms with Crippen molar-refractivity contribution in [3.05, 3.63) is 53.3 Å². The fraction of sp³-hybridized carbons (Fsp3) is 0.231. The van der Waals surface area contributed by atoms with Crippen molar-refractivity contribution in [2.75, 3.05) is 0 Å². The van der Waals surface area contributed by atoms with Crippen LogP contribution in [0.4, 0.5) is 0 Å². The van der Waals surface area contributed by atoms with E-state index in [2.05, 4.69) is 29.4 Å². The van der Waals surface area contributed by atoms with Gasteiger partial charge in [0.05, 0.1) is 0 Å². The van der Waals surface area contributed by atoms with E-state index >= 15 is 0 Å². The SMILES string of the molecule is N=Cc1cc2n(n1)CCC2c1ccccc1. The van der Waals surface area contributed by atoms with Crippen LogP contribution in [0, 0.1) is 5.41 Å². The molecule has 1 aromatic heterocycles. The zero-order valence-corrected chi connectivity index (χ0v) is 8.93. The van der Waals surface area contributed by atoms with E-state index in [9.17, 15) is 0 Å². The molecule has 3 heteroatoms. The standard InChI is InChI=1S/C13H13N3/c14-9-11-8-13-12(6-7-16(13)15-11)10-4-2-1-3-5-10/h1-5,8-9,12,14H,6-7H2. The molecule has 0 saturated heterocycles. The van der Waals surface area contributed by atoms with Crippen LogP contribution in [0.3, 0.4) is 0 Å². The van der Waals surface area contributed by atoms with Crippen LogP contribution in [0.15, 0.2) is 36.4 Å². The molecule has 3 nitrogen and oxygen atoms in total. The van der Waals surface area contributed by atoms with Crippen LogP contribution in [0.2, 0.25) is 0 Å². The zero-order chi connectivity index (χ0) is 11.0. The third kappa shape index (κ3) is 1.36. The molecule has 0 spiro atoms. The first-order valence-electron chi connectivity index (χ1n) is 5.51. The Morgan fingerprint density at radius 2 is 2.12 bits per heavy atom. The largest absolute Gasteiger partial charge is 0.306 e. The van der Waals surface area contributed by atoms with Crippen molar-refractivity contribution in [2.45, 2.75) is 18.9 Å². The third-order valence-electron chi connectivity index (χ3n) is 3.17. The van der Waals surface area contributed by atoms with Crippen LogP contribution in [0.5, 0.6) is 0 Å². The minimum absolute atomic E-state index is 0.447. The summed E-state index contributed by atoms with van der Waals surface area (Å²) in [5, 5.41) is 11.6. The topological polar surface area (TPSA) is 41.7 Å². The van der Waals surface area contributed by atoms with E-state index in [4.69, 9.17) is 5.41 Å². The lowest BCUT2D eigenvalue weighted by Crippen LogP contribution is -1.96. The highest BCUT2D eigenvalue weighted by molar-refractivity contribution is 5.74. The number of benzene rings is 1. The molecule has 0 fully saturated rings. The molecule has 0 saturated carbocycles. The fourth-order valence-corrected chi connectivity index (χ4v) is 2.40. The summed E-state index contributed by atoms with van der Waals surface area (Å²) >= 11 is 0. The van der Waals surface area contributed by atoms with Crippen molar-refractivity contribution < 1.29 is 0 Å². The molecule has 16 heavy (non-hydrogen) atoms. The number of nitrogens with zero attached hydrogens (tertiary/aromatic N) is 2.